The summed E-state index contributed by atoms with van der Waals surface area (Å²) in [5.41, 5.74) is 0.0872. The van der Waals surface area contributed by atoms with Crippen LogP contribution in [0, 0.1) is 11.3 Å². The van der Waals surface area contributed by atoms with Gasteiger partial charge in [-0.15, -0.1) is 0 Å². The third kappa shape index (κ3) is 2.65. The zero-order valence-corrected chi connectivity index (χ0v) is 13.1. The molecule has 0 bridgehead atoms. The lowest BCUT2D eigenvalue weighted by Gasteiger charge is -2.29. The van der Waals surface area contributed by atoms with Crippen LogP contribution in [-0.4, -0.2) is 41.6 Å². The highest BCUT2D eigenvalue weighted by molar-refractivity contribution is 6.30. The van der Waals surface area contributed by atoms with Crippen molar-refractivity contribution >= 4 is 23.5 Å². The van der Waals surface area contributed by atoms with E-state index in [0.29, 0.717) is 31.0 Å². The van der Waals surface area contributed by atoms with Gasteiger partial charge in [-0.3, -0.25) is 9.59 Å². The zero-order chi connectivity index (χ0) is 15.9. The second-order valence-corrected chi connectivity index (χ2v) is 6.78. The molecule has 0 saturated carbocycles. The van der Waals surface area contributed by atoms with E-state index in [1.165, 1.54) is 0 Å². The monoisotopic (exact) mass is 323 g/mol. The number of carbonyl (C=O) groups is 2. The first kappa shape index (κ1) is 15.2. The summed E-state index contributed by atoms with van der Waals surface area (Å²) in [6.45, 7) is 2.77. The average Bonchev–Trinajstić information content (AvgIpc) is 2.89. The highest BCUT2D eigenvalue weighted by Crippen LogP contribution is 2.34. The Kier molecular flexibility index (Phi) is 3.77. The lowest BCUT2D eigenvalue weighted by Crippen LogP contribution is -2.41. The topological polar surface area (TPSA) is 66.8 Å². The van der Waals surface area contributed by atoms with Crippen LogP contribution in [-0.2, 0) is 16.0 Å². The summed E-state index contributed by atoms with van der Waals surface area (Å²) in [5, 5.41) is 9.89. The van der Waals surface area contributed by atoms with Crippen LogP contribution in [0.15, 0.2) is 18.2 Å². The standard InChI is InChI=1S/C16H18ClNO4/c1-16(15(20)21)4-5-18(9-16)14(19)11-6-10-7-12(17)2-3-13(10)22-8-11/h2-3,7,11H,4-6,8-9H2,1H3,(H,20,21). The van der Waals surface area contributed by atoms with Crippen molar-refractivity contribution in [3.05, 3.63) is 28.8 Å². The van der Waals surface area contributed by atoms with Crippen LogP contribution in [0.2, 0.25) is 5.02 Å². The Bertz CT molecular complexity index is 633. The van der Waals surface area contributed by atoms with Crippen molar-refractivity contribution < 1.29 is 19.4 Å². The number of fused-ring (bicyclic) bond motifs is 1. The molecule has 1 amide bonds. The lowest BCUT2D eigenvalue weighted by molar-refractivity contribution is -0.147. The molecule has 2 heterocycles. The predicted molar refractivity (Wildman–Crippen MR) is 81.1 cm³/mol. The van der Waals surface area contributed by atoms with E-state index in [0.717, 1.165) is 11.3 Å². The number of halogens is 1. The van der Waals surface area contributed by atoms with E-state index >= 15 is 0 Å². The number of likely N-dealkylation sites (tertiary alicyclic amines) is 1. The van der Waals surface area contributed by atoms with Gasteiger partial charge in [0.25, 0.3) is 0 Å². The van der Waals surface area contributed by atoms with Crippen LogP contribution in [0.25, 0.3) is 0 Å². The molecule has 22 heavy (non-hydrogen) atoms. The molecule has 0 spiro atoms. The molecule has 0 aromatic heterocycles. The first-order valence-electron chi connectivity index (χ1n) is 7.32. The quantitative estimate of drug-likeness (QED) is 0.906. The summed E-state index contributed by atoms with van der Waals surface area (Å²) in [5.74, 6) is -0.386. The molecule has 1 N–H and O–H groups in total. The molecule has 0 aliphatic carbocycles. The Morgan fingerprint density at radius 3 is 2.91 bits per heavy atom. The normalized spacial score (nSPS) is 27.2. The van der Waals surface area contributed by atoms with Crippen molar-refractivity contribution in [3.8, 4) is 5.75 Å². The minimum absolute atomic E-state index is 0.0319. The SMILES string of the molecule is CC1(C(=O)O)CCN(C(=O)C2COc3ccc(Cl)cc3C2)C1. The van der Waals surface area contributed by atoms with Crippen molar-refractivity contribution in [2.45, 2.75) is 19.8 Å². The van der Waals surface area contributed by atoms with E-state index in [-0.39, 0.29) is 18.4 Å². The Morgan fingerprint density at radius 1 is 1.45 bits per heavy atom. The van der Waals surface area contributed by atoms with Gasteiger partial charge in [-0.2, -0.15) is 0 Å². The molecular weight excluding hydrogens is 306 g/mol. The minimum Gasteiger partial charge on any atom is -0.492 e. The van der Waals surface area contributed by atoms with Gasteiger partial charge >= 0.3 is 5.97 Å². The first-order chi connectivity index (χ1) is 10.4. The van der Waals surface area contributed by atoms with Gasteiger partial charge in [0.15, 0.2) is 0 Å². The number of carbonyl (C=O) groups excluding carboxylic acids is 1. The number of hydrogen-bond donors (Lipinski definition) is 1. The number of rotatable bonds is 2. The van der Waals surface area contributed by atoms with Crippen molar-refractivity contribution in [2.24, 2.45) is 11.3 Å². The molecule has 5 nitrogen and oxygen atoms in total. The maximum atomic E-state index is 12.6. The molecule has 2 aliphatic heterocycles. The third-order valence-electron chi connectivity index (χ3n) is 4.58. The molecule has 0 radical (unpaired) electrons. The Balaban J connectivity index is 1.71. The summed E-state index contributed by atoms with van der Waals surface area (Å²) in [6, 6.07) is 5.40. The van der Waals surface area contributed by atoms with E-state index in [1.54, 1.807) is 17.9 Å². The largest absolute Gasteiger partial charge is 0.492 e. The van der Waals surface area contributed by atoms with Crippen molar-refractivity contribution in [1.29, 1.82) is 0 Å². The van der Waals surface area contributed by atoms with E-state index < -0.39 is 11.4 Å². The van der Waals surface area contributed by atoms with Gasteiger partial charge in [0, 0.05) is 18.1 Å². The van der Waals surface area contributed by atoms with Crippen molar-refractivity contribution in [2.75, 3.05) is 19.7 Å². The Hall–Kier alpha value is -1.75. The molecule has 1 saturated heterocycles. The van der Waals surface area contributed by atoms with Crippen LogP contribution in [0.5, 0.6) is 5.75 Å². The predicted octanol–water partition coefficient (Wildman–Crippen LogP) is 2.21. The Labute approximate surface area is 133 Å². The number of aliphatic carboxylic acids is 1. The maximum absolute atomic E-state index is 12.6. The van der Waals surface area contributed by atoms with Gasteiger partial charge in [-0.1, -0.05) is 11.6 Å². The molecule has 6 heteroatoms. The molecule has 1 aromatic rings. The summed E-state index contributed by atoms with van der Waals surface area (Å²) < 4.78 is 5.65. The summed E-state index contributed by atoms with van der Waals surface area (Å²) in [6.07, 6.45) is 1.07. The molecule has 3 rings (SSSR count). The van der Waals surface area contributed by atoms with Gasteiger partial charge in [0.1, 0.15) is 12.4 Å². The summed E-state index contributed by atoms with van der Waals surface area (Å²) in [7, 11) is 0. The smallest absolute Gasteiger partial charge is 0.311 e. The number of carboxylic acid groups (broad SMARTS) is 1. The molecular formula is C16H18ClNO4. The van der Waals surface area contributed by atoms with E-state index in [9.17, 15) is 14.7 Å². The van der Waals surface area contributed by atoms with E-state index in [2.05, 4.69) is 0 Å². The van der Waals surface area contributed by atoms with Crippen LogP contribution in [0.1, 0.15) is 18.9 Å². The van der Waals surface area contributed by atoms with Crippen LogP contribution in [0.3, 0.4) is 0 Å². The molecule has 1 aromatic carbocycles. The fourth-order valence-corrected chi connectivity index (χ4v) is 3.30. The van der Waals surface area contributed by atoms with E-state index in [4.69, 9.17) is 16.3 Å². The third-order valence-corrected chi connectivity index (χ3v) is 4.81. The summed E-state index contributed by atoms with van der Waals surface area (Å²) >= 11 is 5.99. The number of amides is 1. The van der Waals surface area contributed by atoms with Crippen LogP contribution < -0.4 is 4.74 Å². The number of benzene rings is 1. The second-order valence-electron chi connectivity index (χ2n) is 6.34. The Morgan fingerprint density at radius 2 is 2.23 bits per heavy atom. The van der Waals surface area contributed by atoms with Crippen LogP contribution in [0.4, 0.5) is 0 Å². The van der Waals surface area contributed by atoms with Gasteiger partial charge in [-0.05, 0) is 43.5 Å². The number of hydrogen-bond acceptors (Lipinski definition) is 3. The first-order valence-corrected chi connectivity index (χ1v) is 7.70. The maximum Gasteiger partial charge on any atom is 0.311 e. The van der Waals surface area contributed by atoms with Gasteiger partial charge < -0.3 is 14.7 Å². The van der Waals surface area contributed by atoms with E-state index in [1.807, 2.05) is 12.1 Å². The number of nitrogens with zero attached hydrogens (tertiary/aromatic N) is 1. The summed E-state index contributed by atoms with van der Waals surface area (Å²) in [4.78, 5) is 25.6. The minimum atomic E-state index is -0.847. The highest BCUT2D eigenvalue weighted by atomic mass is 35.5. The number of carboxylic acids is 1. The van der Waals surface area contributed by atoms with Gasteiger partial charge in [-0.25, -0.2) is 0 Å². The average molecular weight is 324 g/mol. The molecule has 2 unspecified atom stereocenters. The fraction of sp³-hybridized carbons (Fsp3) is 0.500. The molecule has 118 valence electrons. The van der Waals surface area contributed by atoms with Crippen molar-refractivity contribution in [1.82, 2.24) is 4.90 Å². The molecule has 2 atom stereocenters. The highest BCUT2D eigenvalue weighted by Gasteiger charge is 2.43. The molecule has 2 aliphatic rings. The van der Waals surface area contributed by atoms with Gasteiger partial charge in [0.2, 0.25) is 5.91 Å². The zero-order valence-electron chi connectivity index (χ0n) is 12.3. The molecule has 1 fully saturated rings. The fourth-order valence-electron chi connectivity index (χ4n) is 3.10. The lowest BCUT2D eigenvalue weighted by atomic mass is 9.90. The van der Waals surface area contributed by atoms with Crippen LogP contribution >= 0.6 is 11.6 Å². The van der Waals surface area contributed by atoms with Crippen molar-refractivity contribution in [3.63, 3.8) is 0 Å². The second kappa shape index (κ2) is 5.47. The number of ether oxygens (including phenoxy) is 1. The van der Waals surface area contributed by atoms with Gasteiger partial charge in [0.05, 0.1) is 11.3 Å².